The lowest BCUT2D eigenvalue weighted by Crippen LogP contribution is -2.33. The molecule has 4 N–H and O–H groups in total. The van der Waals surface area contributed by atoms with Crippen LogP contribution in [0.2, 0.25) is 0 Å². The molecule has 35 heavy (non-hydrogen) atoms. The number of aryl methyl sites for hydroxylation is 1. The maximum atomic E-state index is 13.2. The number of nitriles is 1. The van der Waals surface area contributed by atoms with Crippen LogP contribution in [-0.4, -0.2) is 39.8 Å². The van der Waals surface area contributed by atoms with Crippen molar-refractivity contribution in [2.24, 2.45) is 0 Å². The Morgan fingerprint density at radius 2 is 1.86 bits per heavy atom. The number of carbonyl (C=O) groups excluding carboxylic acids is 1. The van der Waals surface area contributed by atoms with Gasteiger partial charge in [-0.25, -0.2) is 4.68 Å². The molecule has 1 atom stereocenters. The normalized spacial score (nSPS) is 11.4. The van der Waals surface area contributed by atoms with Gasteiger partial charge in [-0.15, -0.1) is 0 Å². The molecule has 0 aliphatic heterocycles. The smallest absolute Gasteiger partial charge is 0.291 e. The molecule has 0 spiro atoms. The highest BCUT2D eigenvalue weighted by Gasteiger charge is 2.23. The number of benzene rings is 2. The average molecular weight is 477 g/mol. The number of aromatic amines is 1. The van der Waals surface area contributed by atoms with Gasteiger partial charge in [0.2, 0.25) is 0 Å². The number of aromatic hydroxyl groups is 1. The van der Waals surface area contributed by atoms with E-state index in [9.17, 15) is 24.8 Å². The van der Waals surface area contributed by atoms with Gasteiger partial charge in [0.1, 0.15) is 11.4 Å². The fourth-order valence-corrected chi connectivity index (χ4v) is 3.67. The Labute approximate surface area is 202 Å². The standard InChI is InChI=1S/C25H28N6O4/c1-5-18(16-10-8-7-9-11-16)27-20-21(25(35)31(6-2)29-23(20)33)28-19-13-15(14-26)12-17(22(19)32)24(34)30(3)4/h7-13,18,27-28,32H,5-6H2,1-4H3,(H,29,33)/t18-/m1/s1. The molecule has 0 saturated heterocycles. The highest BCUT2D eigenvalue weighted by molar-refractivity contribution is 5.99. The van der Waals surface area contributed by atoms with Crippen LogP contribution in [0.4, 0.5) is 17.1 Å². The van der Waals surface area contributed by atoms with Crippen molar-refractivity contribution in [1.82, 2.24) is 14.7 Å². The summed E-state index contributed by atoms with van der Waals surface area (Å²) in [5.74, 6) is -0.959. The summed E-state index contributed by atoms with van der Waals surface area (Å²) in [4.78, 5) is 40.1. The van der Waals surface area contributed by atoms with Crippen molar-refractivity contribution in [3.05, 3.63) is 79.9 Å². The molecule has 3 aromatic rings. The third-order valence-electron chi connectivity index (χ3n) is 5.55. The first-order valence-electron chi connectivity index (χ1n) is 11.2. The molecular weight excluding hydrogens is 448 g/mol. The van der Waals surface area contributed by atoms with Crippen LogP contribution in [0.1, 0.15) is 47.8 Å². The van der Waals surface area contributed by atoms with Crippen molar-refractivity contribution in [2.45, 2.75) is 32.9 Å². The molecule has 0 fully saturated rings. The summed E-state index contributed by atoms with van der Waals surface area (Å²) in [5.41, 5.74) is -0.340. The van der Waals surface area contributed by atoms with Crippen LogP contribution in [0.3, 0.4) is 0 Å². The molecule has 1 aromatic heterocycles. The van der Waals surface area contributed by atoms with Crippen molar-refractivity contribution < 1.29 is 9.90 Å². The van der Waals surface area contributed by atoms with Gasteiger partial charge in [-0.2, -0.15) is 5.26 Å². The van der Waals surface area contributed by atoms with Gasteiger partial charge in [-0.3, -0.25) is 19.5 Å². The summed E-state index contributed by atoms with van der Waals surface area (Å²) >= 11 is 0. The summed E-state index contributed by atoms with van der Waals surface area (Å²) in [6, 6.07) is 13.7. The maximum Gasteiger partial charge on any atom is 0.291 e. The maximum absolute atomic E-state index is 13.2. The monoisotopic (exact) mass is 476 g/mol. The first-order valence-corrected chi connectivity index (χ1v) is 11.2. The minimum Gasteiger partial charge on any atom is -0.505 e. The van der Waals surface area contributed by atoms with E-state index in [4.69, 9.17) is 0 Å². The van der Waals surface area contributed by atoms with Gasteiger partial charge in [-0.05, 0) is 31.0 Å². The van der Waals surface area contributed by atoms with E-state index in [2.05, 4.69) is 15.7 Å². The first kappa shape index (κ1) is 25.1. The highest BCUT2D eigenvalue weighted by Crippen LogP contribution is 2.34. The van der Waals surface area contributed by atoms with Crippen molar-refractivity contribution >= 4 is 23.0 Å². The molecule has 2 aromatic carbocycles. The Bertz CT molecular complexity index is 1390. The SMILES string of the molecule is CC[C@@H](Nc1c(Nc2cc(C#N)cc(C(=O)N(C)C)c2O)c(=O)n(CC)[nH]c1=O)c1ccccc1. The fraction of sp³-hybridized carbons (Fsp3) is 0.280. The lowest BCUT2D eigenvalue weighted by atomic mass is 10.0. The predicted molar refractivity (Wildman–Crippen MR) is 134 cm³/mol. The number of nitrogens with zero attached hydrogens (tertiary/aromatic N) is 3. The van der Waals surface area contributed by atoms with E-state index < -0.39 is 22.8 Å². The lowest BCUT2D eigenvalue weighted by molar-refractivity contribution is 0.0824. The van der Waals surface area contributed by atoms with E-state index in [0.717, 1.165) is 10.2 Å². The summed E-state index contributed by atoms with van der Waals surface area (Å²) in [6.45, 7) is 3.85. The van der Waals surface area contributed by atoms with Crippen LogP contribution < -0.4 is 21.8 Å². The summed E-state index contributed by atoms with van der Waals surface area (Å²) in [5, 5.41) is 28.8. The van der Waals surface area contributed by atoms with Crippen LogP contribution in [0.15, 0.2) is 52.1 Å². The van der Waals surface area contributed by atoms with Crippen molar-refractivity contribution in [3.63, 3.8) is 0 Å². The zero-order valence-electron chi connectivity index (χ0n) is 20.0. The molecule has 10 nitrogen and oxygen atoms in total. The quantitative estimate of drug-likeness (QED) is 0.366. The molecule has 182 valence electrons. The molecule has 0 aliphatic carbocycles. The van der Waals surface area contributed by atoms with Gasteiger partial charge in [0.15, 0.2) is 5.75 Å². The predicted octanol–water partition coefficient (Wildman–Crippen LogP) is 3.14. The Kier molecular flexibility index (Phi) is 7.61. The minimum absolute atomic E-state index is 0.0161. The van der Waals surface area contributed by atoms with Gasteiger partial charge < -0.3 is 20.6 Å². The number of amides is 1. The molecule has 0 saturated carbocycles. The Morgan fingerprint density at radius 1 is 1.17 bits per heavy atom. The number of phenols is 1. The van der Waals surface area contributed by atoms with Gasteiger partial charge in [0.05, 0.1) is 28.9 Å². The van der Waals surface area contributed by atoms with Crippen LogP contribution in [0.25, 0.3) is 0 Å². The van der Waals surface area contributed by atoms with Gasteiger partial charge in [0, 0.05) is 20.6 Å². The second-order valence-electron chi connectivity index (χ2n) is 8.11. The van der Waals surface area contributed by atoms with Gasteiger partial charge in [-0.1, -0.05) is 37.3 Å². The third-order valence-corrected chi connectivity index (χ3v) is 5.55. The van der Waals surface area contributed by atoms with Crippen molar-refractivity contribution in [1.29, 1.82) is 5.26 Å². The molecule has 0 unspecified atom stereocenters. The lowest BCUT2D eigenvalue weighted by Gasteiger charge is -2.22. The van der Waals surface area contributed by atoms with Crippen LogP contribution in [0.5, 0.6) is 5.75 Å². The number of aromatic nitrogens is 2. The first-order chi connectivity index (χ1) is 16.7. The van der Waals surface area contributed by atoms with Crippen LogP contribution in [-0.2, 0) is 6.54 Å². The molecule has 1 heterocycles. The molecule has 0 aliphatic rings. The Morgan fingerprint density at radius 3 is 2.43 bits per heavy atom. The molecule has 10 heteroatoms. The number of hydrogen-bond donors (Lipinski definition) is 4. The van der Waals surface area contributed by atoms with Crippen molar-refractivity contribution in [3.8, 4) is 11.8 Å². The Balaban J connectivity index is 2.18. The third kappa shape index (κ3) is 5.19. The topological polar surface area (TPSA) is 143 Å². The van der Waals surface area contributed by atoms with Gasteiger partial charge >= 0.3 is 0 Å². The van der Waals surface area contributed by atoms with Crippen LogP contribution >= 0.6 is 0 Å². The summed E-state index contributed by atoms with van der Waals surface area (Å²) < 4.78 is 1.14. The fourth-order valence-electron chi connectivity index (χ4n) is 3.67. The largest absolute Gasteiger partial charge is 0.505 e. The number of hydrogen-bond acceptors (Lipinski definition) is 7. The number of anilines is 3. The van der Waals surface area contributed by atoms with E-state index in [0.29, 0.717) is 6.42 Å². The zero-order valence-corrected chi connectivity index (χ0v) is 20.0. The van der Waals surface area contributed by atoms with E-state index in [1.165, 1.54) is 31.1 Å². The van der Waals surface area contributed by atoms with Crippen molar-refractivity contribution in [2.75, 3.05) is 24.7 Å². The van der Waals surface area contributed by atoms with E-state index in [1.54, 1.807) is 6.92 Å². The minimum atomic E-state index is -0.542. The second kappa shape index (κ2) is 10.6. The number of rotatable bonds is 8. The number of nitrogens with one attached hydrogen (secondary N) is 3. The van der Waals surface area contributed by atoms with E-state index in [1.807, 2.05) is 43.3 Å². The highest BCUT2D eigenvalue weighted by atomic mass is 16.3. The van der Waals surface area contributed by atoms with Gasteiger partial charge in [0.25, 0.3) is 17.0 Å². The molecule has 0 bridgehead atoms. The van der Waals surface area contributed by atoms with Crippen LogP contribution in [0, 0.1) is 11.3 Å². The molecular formula is C25H28N6O4. The zero-order chi connectivity index (χ0) is 25.7. The van der Waals surface area contributed by atoms with E-state index >= 15 is 0 Å². The number of phenolic OH excluding ortho intramolecular Hbond substituents is 1. The second-order valence-corrected chi connectivity index (χ2v) is 8.11. The summed E-state index contributed by atoms with van der Waals surface area (Å²) in [6.07, 6.45) is 0.621. The van der Waals surface area contributed by atoms with E-state index in [-0.39, 0.29) is 40.8 Å². The average Bonchev–Trinajstić information content (AvgIpc) is 2.86. The number of carbonyl (C=O) groups is 1. The number of H-pyrrole nitrogens is 1. The Hall–Kier alpha value is -4.52. The molecule has 0 radical (unpaired) electrons. The molecule has 3 rings (SSSR count). The summed E-state index contributed by atoms with van der Waals surface area (Å²) in [7, 11) is 3.03. The molecule has 1 amide bonds.